The molecule has 1 amide bonds. The molecular weight excluding hydrogens is 474 g/mol. The first kappa shape index (κ1) is 23.7. The number of guanidine groups is 1. The Morgan fingerprint density at radius 3 is 2.50 bits per heavy atom. The number of amides is 1. The van der Waals surface area contributed by atoms with Crippen LogP contribution in [-0.2, 0) is 17.7 Å². The van der Waals surface area contributed by atoms with Gasteiger partial charge in [0, 0.05) is 18.8 Å². The van der Waals surface area contributed by atoms with Gasteiger partial charge in [0.15, 0.2) is 5.96 Å². The molecule has 2 rings (SSSR count). The summed E-state index contributed by atoms with van der Waals surface area (Å²) in [5.74, 6) is 0.476. The van der Waals surface area contributed by atoms with Gasteiger partial charge in [0.05, 0.1) is 13.7 Å². The van der Waals surface area contributed by atoms with Gasteiger partial charge >= 0.3 is 6.09 Å². The number of carbonyl (C=O) groups excluding carboxylic acids is 1. The monoisotopic (exact) mass is 500 g/mol. The molecule has 8 heteroatoms. The number of rotatable bonds is 7. The molecule has 0 aliphatic carbocycles. The van der Waals surface area contributed by atoms with E-state index < -0.39 is 6.09 Å². The van der Waals surface area contributed by atoms with Crippen LogP contribution in [0.4, 0.5) is 14.9 Å². The molecule has 0 unspecified atom stereocenters. The highest BCUT2D eigenvalue weighted by atomic mass is 127. The summed E-state index contributed by atoms with van der Waals surface area (Å²) < 4.78 is 17.8. The van der Waals surface area contributed by atoms with Crippen LogP contribution in [0.3, 0.4) is 0 Å². The lowest BCUT2D eigenvalue weighted by molar-refractivity contribution is 0.187. The maximum Gasteiger partial charge on any atom is 0.411 e. The van der Waals surface area contributed by atoms with Crippen molar-refractivity contribution in [3.8, 4) is 0 Å². The van der Waals surface area contributed by atoms with Gasteiger partial charge in [-0.15, -0.1) is 24.0 Å². The van der Waals surface area contributed by atoms with Crippen molar-refractivity contribution in [2.45, 2.75) is 19.9 Å². The molecule has 28 heavy (non-hydrogen) atoms. The molecule has 2 aromatic rings. The lowest BCUT2D eigenvalue weighted by Crippen LogP contribution is -2.38. The minimum absolute atomic E-state index is 0. The molecule has 6 nitrogen and oxygen atoms in total. The van der Waals surface area contributed by atoms with E-state index in [0.717, 1.165) is 17.7 Å². The van der Waals surface area contributed by atoms with Crippen molar-refractivity contribution in [3.05, 3.63) is 65.5 Å². The molecule has 0 saturated heterocycles. The summed E-state index contributed by atoms with van der Waals surface area (Å²) in [6, 6.07) is 14.0. The van der Waals surface area contributed by atoms with Gasteiger partial charge in [0.2, 0.25) is 0 Å². The third-order valence-electron chi connectivity index (χ3n) is 3.74. The van der Waals surface area contributed by atoms with Crippen LogP contribution in [0.15, 0.2) is 53.5 Å². The highest BCUT2D eigenvalue weighted by Gasteiger charge is 2.02. The SMILES string of the molecule is CCNC(=NCc1ccc(NC(=O)OC)cc1)NCCc1cccc(F)c1.I. The van der Waals surface area contributed by atoms with Gasteiger partial charge in [-0.05, 0) is 48.7 Å². The average Bonchev–Trinajstić information content (AvgIpc) is 2.67. The second-order valence-corrected chi connectivity index (χ2v) is 5.82. The van der Waals surface area contributed by atoms with Crippen LogP contribution in [0.1, 0.15) is 18.1 Å². The number of benzene rings is 2. The quantitative estimate of drug-likeness (QED) is 0.306. The third kappa shape index (κ3) is 8.55. The number of anilines is 1. The number of hydrogen-bond donors (Lipinski definition) is 3. The Morgan fingerprint density at radius 1 is 1.11 bits per heavy atom. The van der Waals surface area contributed by atoms with E-state index in [1.807, 2.05) is 25.1 Å². The molecule has 0 aromatic heterocycles. The maximum absolute atomic E-state index is 13.2. The fourth-order valence-electron chi connectivity index (χ4n) is 2.39. The minimum atomic E-state index is -0.502. The molecule has 0 fully saturated rings. The van der Waals surface area contributed by atoms with Crippen LogP contribution in [0.25, 0.3) is 0 Å². The zero-order chi connectivity index (χ0) is 19.5. The standard InChI is InChI=1S/C20H25FN4O2.HI/c1-3-22-19(23-12-11-15-5-4-6-17(21)13-15)24-14-16-7-9-18(10-8-16)25-20(26)27-2;/h4-10,13H,3,11-12,14H2,1-2H3,(H,25,26)(H2,22,23,24);1H. The Hall–Kier alpha value is -2.36. The molecule has 0 spiro atoms. The maximum atomic E-state index is 13.2. The second-order valence-electron chi connectivity index (χ2n) is 5.82. The van der Waals surface area contributed by atoms with E-state index in [2.05, 4.69) is 25.7 Å². The fourth-order valence-corrected chi connectivity index (χ4v) is 2.39. The lowest BCUT2D eigenvalue weighted by atomic mass is 10.1. The fraction of sp³-hybridized carbons (Fsp3) is 0.300. The van der Waals surface area contributed by atoms with Gasteiger partial charge in [-0.1, -0.05) is 24.3 Å². The number of aliphatic imine (C=N–C) groups is 1. The molecule has 0 aliphatic rings. The number of hydrogen-bond acceptors (Lipinski definition) is 3. The number of nitrogens with zero attached hydrogens (tertiary/aromatic N) is 1. The Kier molecular flexibility index (Phi) is 10.9. The minimum Gasteiger partial charge on any atom is -0.453 e. The predicted octanol–water partition coefficient (Wildman–Crippen LogP) is 3.92. The van der Waals surface area contributed by atoms with Crippen molar-refractivity contribution >= 4 is 41.7 Å². The molecule has 0 atom stereocenters. The zero-order valence-corrected chi connectivity index (χ0v) is 18.3. The van der Waals surface area contributed by atoms with E-state index in [1.54, 1.807) is 18.2 Å². The molecule has 0 saturated carbocycles. The topological polar surface area (TPSA) is 74.8 Å². The average molecular weight is 500 g/mol. The van der Waals surface area contributed by atoms with Crippen LogP contribution in [0.2, 0.25) is 0 Å². The highest BCUT2D eigenvalue weighted by molar-refractivity contribution is 14.0. The first-order valence-corrected chi connectivity index (χ1v) is 8.81. The first-order chi connectivity index (χ1) is 13.1. The van der Waals surface area contributed by atoms with E-state index in [4.69, 9.17) is 0 Å². The van der Waals surface area contributed by atoms with E-state index in [-0.39, 0.29) is 29.8 Å². The van der Waals surface area contributed by atoms with E-state index in [1.165, 1.54) is 19.2 Å². The molecule has 0 aliphatic heterocycles. The van der Waals surface area contributed by atoms with Gasteiger partial charge in [-0.3, -0.25) is 5.32 Å². The summed E-state index contributed by atoms with van der Waals surface area (Å²) in [6.45, 7) is 3.88. The normalized spacial score (nSPS) is 10.6. The molecule has 0 radical (unpaired) electrons. The summed E-state index contributed by atoms with van der Waals surface area (Å²) in [7, 11) is 1.32. The van der Waals surface area contributed by atoms with Crippen molar-refractivity contribution in [1.82, 2.24) is 10.6 Å². The molecule has 0 heterocycles. The number of ether oxygens (including phenoxy) is 1. The second kappa shape index (κ2) is 12.9. The van der Waals surface area contributed by atoms with Crippen LogP contribution >= 0.6 is 24.0 Å². The number of methoxy groups -OCH3 is 1. The zero-order valence-electron chi connectivity index (χ0n) is 16.0. The molecule has 2 aromatic carbocycles. The van der Waals surface area contributed by atoms with Gasteiger partial charge in [-0.2, -0.15) is 0 Å². The Balaban J connectivity index is 0.00000392. The summed E-state index contributed by atoms with van der Waals surface area (Å²) in [6.07, 6.45) is 0.202. The number of carbonyl (C=O) groups is 1. The molecule has 3 N–H and O–H groups in total. The van der Waals surface area contributed by atoms with E-state index >= 15 is 0 Å². The van der Waals surface area contributed by atoms with Crippen molar-refractivity contribution in [2.24, 2.45) is 4.99 Å². The third-order valence-corrected chi connectivity index (χ3v) is 3.74. The van der Waals surface area contributed by atoms with Gasteiger partial charge in [0.25, 0.3) is 0 Å². The smallest absolute Gasteiger partial charge is 0.411 e. The summed E-state index contributed by atoms with van der Waals surface area (Å²) >= 11 is 0. The van der Waals surface area contributed by atoms with Crippen LogP contribution in [0, 0.1) is 5.82 Å². The van der Waals surface area contributed by atoms with Crippen molar-refractivity contribution in [1.29, 1.82) is 0 Å². The van der Waals surface area contributed by atoms with E-state index in [0.29, 0.717) is 31.2 Å². The number of nitrogens with one attached hydrogen (secondary N) is 3. The summed E-state index contributed by atoms with van der Waals surface area (Å²) in [4.78, 5) is 15.7. The largest absolute Gasteiger partial charge is 0.453 e. The van der Waals surface area contributed by atoms with Gasteiger partial charge in [-0.25, -0.2) is 14.2 Å². The van der Waals surface area contributed by atoms with Crippen LogP contribution in [-0.4, -0.2) is 32.3 Å². The molecule has 0 bridgehead atoms. The lowest BCUT2D eigenvalue weighted by Gasteiger charge is -2.11. The summed E-state index contributed by atoms with van der Waals surface area (Å²) in [5, 5.41) is 9.04. The van der Waals surface area contributed by atoms with Crippen molar-refractivity contribution < 1.29 is 13.9 Å². The van der Waals surface area contributed by atoms with Crippen molar-refractivity contribution in [3.63, 3.8) is 0 Å². The molecule has 152 valence electrons. The Labute approximate surface area is 182 Å². The van der Waals surface area contributed by atoms with Crippen LogP contribution in [0.5, 0.6) is 0 Å². The predicted molar refractivity (Wildman–Crippen MR) is 121 cm³/mol. The van der Waals surface area contributed by atoms with Gasteiger partial charge < -0.3 is 15.4 Å². The Morgan fingerprint density at radius 2 is 1.86 bits per heavy atom. The van der Waals surface area contributed by atoms with Crippen LogP contribution < -0.4 is 16.0 Å². The van der Waals surface area contributed by atoms with Crippen molar-refractivity contribution in [2.75, 3.05) is 25.5 Å². The van der Waals surface area contributed by atoms with E-state index in [9.17, 15) is 9.18 Å². The van der Waals surface area contributed by atoms with Gasteiger partial charge in [0.1, 0.15) is 5.82 Å². The number of halogens is 2. The summed E-state index contributed by atoms with van der Waals surface area (Å²) in [5.41, 5.74) is 2.61. The molecular formula is C20H26FIN4O2. The Bertz CT molecular complexity index is 769. The first-order valence-electron chi connectivity index (χ1n) is 8.81. The highest BCUT2D eigenvalue weighted by Crippen LogP contribution is 2.10.